The van der Waals surface area contributed by atoms with Crippen molar-refractivity contribution in [3.63, 3.8) is 0 Å². The molecule has 122 valence electrons. The highest BCUT2D eigenvalue weighted by molar-refractivity contribution is 5.23. The summed E-state index contributed by atoms with van der Waals surface area (Å²) in [7, 11) is 0. The molecule has 0 heteroatoms. The van der Waals surface area contributed by atoms with Crippen LogP contribution in [0.4, 0.5) is 0 Å². The Labute approximate surface area is 131 Å². The average Bonchev–Trinajstić information content (AvgIpc) is 2.61. The molecule has 0 aliphatic heterocycles. The van der Waals surface area contributed by atoms with E-state index in [4.69, 9.17) is 0 Å². The van der Waals surface area contributed by atoms with E-state index in [-0.39, 0.29) is 0 Å². The fourth-order valence-electron chi connectivity index (χ4n) is 0.663. The van der Waals surface area contributed by atoms with Gasteiger partial charge in [-0.1, -0.05) is 79.7 Å². The molecule has 0 saturated heterocycles. The number of aryl methyl sites for hydroxylation is 2. The van der Waals surface area contributed by atoms with E-state index in [0.717, 1.165) is 0 Å². The van der Waals surface area contributed by atoms with E-state index >= 15 is 0 Å². The van der Waals surface area contributed by atoms with E-state index in [1.54, 1.807) is 0 Å². The number of hydrogen-bond acceptors (Lipinski definition) is 0. The minimum Gasteiger partial charge on any atom is -0.106 e. The molecule has 0 fully saturated rings. The molecule has 20 heavy (non-hydrogen) atoms. The smallest absolute Gasteiger partial charge is 0.0395 e. The Kier molecular flexibility index (Phi) is 118. The van der Waals surface area contributed by atoms with Gasteiger partial charge in [0.15, 0.2) is 0 Å². The predicted molar refractivity (Wildman–Crippen MR) is 104 cm³/mol. The van der Waals surface area contributed by atoms with Crippen LogP contribution in [0.2, 0.25) is 0 Å². The summed E-state index contributed by atoms with van der Waals surface area (Å²) in [5.41, 5.74) is 2.74. The average molecular weight is 283 g/mol. The molecule has 1 rings (SSSR count). The van der Waals surface area contributed by atoms with Gasteiger partial charge in [-0.05, 0) is 25.0 Å². The molecule has 0 unspecified atom stereocenters. The SMILES string of the molecule is C=C.C=C.CC.CC.CC.CC.Cc1ccccc1C. The summed E-state index contributed by atoms with van der Waals surface area (Å²) in [6, 6.07) is 8.36. The van der Waals surface area contributed by atoms with Gasteiger partial charge >= 0.3 is 0 Å². The van der Waals surface area contributed by atoms with Crippen LogP contribution < -0.4 is 0 Å². The maximum atomic E-state index is 3.00. The molecule has 0 atom stereocenters. The first-order valence-corrected chi connectivity index (χ1v) is 7.83. The molecule has 0 aliphatic carbocycles. The highest BCUT2D eigenvalue weighted by Crippen LogP contribution is 2.02. The van der Waals surface area contributed by atoms with Crippen molar-refractivity contribution in [2.45, 2.75) is 69.2 Å². The standard InChI is InChI=1S/C8H10.4C2H6.2C2H4/c1-7-5-3-4-6-8(7)2;6*1-2/h3-6H,1-2H3;4*1-2H3;2*1-2H2. The molecule has 0 saturated carbocycles. The number of benzene rings is 1. The molecular formula is C20H42. The number of rotatable bonds is 0. The lowest BCUT2D eigenvalue weighted by molar-refractivity contribution is 1.34. The second-order valence-corrected chi connectivity index (χ2v) is 2.08. The second-order valence-electron chi connectivity index (χ2n) is 2.08. The van der Waals surface area contributed by atoms with Crippen LogP contribution in [0.15, 0.2) is 50.6 Å². The first-order chi connectivity index (χ1) is 9.80. The zero-order valence-electron chi connectivity index (χ0n) is 16.1. The second kappa shape index (κ2) is 65.2. The van der Waals surface area contributed by atoms with Gasteiger partial charge in [0.2, 0.25) is 0 Å². The summed E-state index contributed by atoms with van der Waals surface area (Å²) in [6.45, 7) is 32.2. The van der Waals surface area contributed by atoms with Crippen molar-refractivity contribution >= 4 is 0 Å². The quantitative estimate of drug-likeness (QED) is 0.423. The third kappa shape index (κ3) is 43.7. The third-order valence-electron chi connectivity index (χ3n) is 1.43. The lowest BCUT2D eigenvalue weighted by Gasteiger charge is -1.93. The lowest BCUT2D eigenvalue weighted by Crippen LogP contribution is -1.74. The molecule has 0 aromatic heterocycles. The molecule has 0 bridgehead atoms. The van der Waals surface area contributed by atoms with Crippen LogP contribution in [0.5, 0.6) is 0 Å². The Hall–Kier alpha value is -1.30. The topological polar surface area (TPSA) is 0 Å². The fourth-order valence-corrected chi connectivity index (χ4v) is 0.663. The third-order valence-corrected chi connectivity index (χ3v) is 1.43. The van der Waals surface area contributed by atoms with Gasteiger partial charge < -0.3 is 0 Å². The minimum absolute atomic E-state index is 1.37. The van der Waals surface area contributed by atoms with Crippen LogP contribution in [-0.2, 0) is 0 Å². The fraction of sp³-hybridized carbons (Fsp3) is 0.500. The van der Waals surface area contributed by atoms with Crippen molar-refractivity contribution < 1.29 is 0 Å². The van der Waals surface area contributed by atoms with Crippen molar-refractivity contribution in [2.24, 2.45) is 0 Å². The van der Waals surface area contributed by atoms with Crippen LogP contribution in [0, 0.1) is 13.8 Å². The van der Waals surface area contributed by atoms with Crippen LogP contribution in [0.3, 0.4) is 0 Å². The molecule has 1 aromatic rings. The van der Waals surface area contributed by atoms with E-state index < -0.39 is 0 Å². The summed E-state index contributed by atoms with van der Waals surface area (Å²) < 4.78 is 0. The Morgan fingerprint density at radius 3 is 0.750 bits per heavy atom. The van der Waals surface area contributed by atoms with Gasteiger partial charge in [-0.2, -0.15) is 0 Å². The molecule has 0 nitrogen and oxygen atoms in total. The van der Waals surface area contributed by atoms with Gasteiger partial charge in [0.25, 0.3) is 0 Å². The van der Waals surface area contributed by atoms with Crippen LogP contribution in [-0.4, -0.2) is 0 Å². The van der Waals surface area contributed by atoms with Crippen LogP contribution >= 0.6 is 0 Å². The molecule has 0 spiro atoms. The maximum absolute atomic E-state index is 3.00. The van der Waals surface area contributed by atoms with E-state index in [1.807, 2.05) is 55.4 Å². The van der Waals surface area contributed by atoms with Crippen LogP contribution in [0.25, 0.3) is 0 Å². The number of hydrogen-bond donors (Lipinski definition) is 0. The first-order valence-electron chi connectivity index (χ1n) is 7.83. The van der Waals surface area contributed by atoms with Gasteiger partial charge in [0.05, 0.1) is 0 Å². The summed E-state index contributed by atoms with van der Waals surface area (Å²) in [5.74, 6) is 0. The zero-order chi connectivity index (χ0) is 18.0. The van der Waals surface area contributed by atoms with E-state index in [0.29, 0.717) is 0 Å². The van der Waals surface area contributed by atoms with Crippen molar-refractivity contribution in [2.75, 3.05) is 0 Å². The van der Waals surface area contributed by atoms with E-state index in [1.165, 1.54) is 11.1 Å². The van der Waals surface area contributed by atoms with Gasteiger partial charge in [-0.3, -0.25) is 0 Å². The molecule has 0 aliphatic rings. The maximum Gasteiger partial charge on any atom is -0.0395 e. The Morgan fingerprint density at radius 1 is 0.500 bits per heavy atom. The monoisotopic (exact) mass is 282 g/mol. The molecule has 0 amide bonds. The van der Waals surface area contributed by atoms with E-state index in [2.05, 4.69) is 64.4 Å². The molecular weight excluding hydrogens is 240 g/mol. The highest BCUT2D eigenvalue weighted by atomic mass is 13.9. The van der Waals surface area contributed by atoms with Gasteiger partial charge in [0.1, 0.15) is 0 Å². The van der Waals surface area contributed by atoms with E-state index in [9.17, 15) is 0 Å². The highest BCUT2D eigenvalue weighted by Gasteiger charge is 1.83. The molecule has 0 heterocycles. The molecule has 0 N–H and O–H groups in total. The Bertz CT molecular complexity index is 178. The summed E-state index contributed by atoms with van der Waals surface area (Å²) in [4.78, 5) is 0. The lowest BCUT2D eigenvalue weighted by atomic mass is 10.1. The van der Waals surface area contributed by atoms with Crippen LogP contribution in [0.1, 0.15) is 66.5 Å². The van der Waals surface area contributed by atoms with Gasteiger partial charge in [-0.25, -0.2) is 0 Å². The molecule has 1 aromatic carbocycles. The Balaban J connectivity index is -0.0000000350. The predicted octanol–water partition coefficient (Wildman–Crippen LogP) is 8.01. The largest absolute Gasteiger partial charge is 0.106 e. The summed E-state index contributed by atoms with van der Waals surface area (Å²) in [5, 5.41) is 0. The Morgan fingerprint density at radius 2 is 0.650 bits per heavy atom. The van der Waals surface area contributed by atoms with Crippen molar-refractivity contribution in [1.29, 1.82) is 0 Å². The minimum atomic E-state index is 1.37. The molecule has 0 radical (unpaired) electrons. The summed E-state index contributed by atoms with van der Waals surface area (Å²) in [6.07, 6.45) is 0. The normalized spacial score (nSPS) is 5.30. The van der Waals surface area contributed by atoms with Gasteiger partial charge in [-0.15, -0.1) is 26.3 Å². The van der Waals surface area contributed by atoms with Crippen molar-refractivity contribution in [3.8, 4) is 0 Å². The summed E-state index contributed by atoms with van der Waals surface area (Å²) >= 11 is 0. The van der Waals surface area contributed by atoms with Gasteiger partial charge in [0, 0.05) is 0 Å². The zero-order valence-corrected chi connectivity index (χ0v) is 16.1. The van der Waals surface area contributed by atoms with Crippen molar-refractivity contribution in [1.82, 2.24) is 0 Å². The van der Waals surface area contributed by atoms with Crippen molar-refractivity contribution in [3.05, 3.63) is 61.7 Å². The first kappa shape index (κ1) is 36.3.